The third-order valence-electron chi connectivity index (χ3n) is 3.49. The molecular formula is C15H23NO2. The van der Waals surface area contributed by atoms with E-state index in [4.69, 9.17) is 4.74 Å². The highest BCUT2D eigenvalue weighted by Crippen LogP contribution is 2.09. The van der Waals surface area contributed by atoms with Crippen LogP contribution in [0.4, 0.5) is 0 Å². The van der Waals surface area contributed by atoms with Crippen LogP contribution >= 0.6 is 0 Å². The van der Waals surface area contributed by atoms with Gasteiger partial charge in [0.25, 0.3) is 0 Å². The monoisotopic (exact) mass is 249 g/mol. The molecule has 0 saturated carbocycles. The lowest BCUT2D eigenvalue weighted by Crippen LogP contribution is -2.37. The smallest absolute Gasteiger partial charge is 0.0593 e. The molecule has 1 aromatic rings. The normalized spacial score (nSPS) is 18.1. The van der Waals surface area contributed by atoms with Crippen LogP contribution in [0.5, 0.6) is 0 Å². The zero-order valence-electron chi connectivity index (χ0n) is 10.9. The van der Waals surface area contributed by atoms with Crippen LogP contribution in [0.15, 0.2) is 30.3 Å². The summed E-state index contributed by atoms with van der Waals surface area (Å²) in [6.07, 6.45) is 2.72. The summed E-state index contributed by atoms with van der Waals surface area (Å²) < 4.78 is 5.66. The lowest BCUT2D eigenvalue weighted by molar-refractivity contribution is 0.0564. The summed E-state index contributed by atoms with van der Waals surface area (Å²) in [7, 11) is 0. The molecule has 0 spiro atoms. The summed E-state index contributed by atoms with van der Waals surface area (Å²) in [4.78, 5) is 2.37. The highest BCUT2D eigenvalue weighted by Gasteiger charge is 2.15. The van der Waals surface area contributed by atoms with Crippen molar-refractivity contribution in [2.24, 2.45) is 0 Å². The quantitative estimate of drug-likeness (QED) is 0.779. The first-order chi connectivity index (χ1) is 8.84. The van der Waals surface area contributed by atoms with Crippen molar-refractivity contribution < 1.29 is 9.84 Å². The second-order valence-electron chi connectivity index (χ2n) is 4.92. The van der Waals surface area contributed by atoms with Gasteiger partial charge >= 0.3 is 0 Å². The van der Waals surface area contributed by atoms with Gasteiger partial charge in [0.05, 0.1) is 19.3 Å². The van der Waals surface area contributed by atoms with Crippen LogP contribution in [-0.4, -0.2) is 49.0 Å². The summed E-state index contributed by atoms with van der Waals surface area (Å²) >= 11 is 0. The van der Waals surface area contributed by atoms with Gasteiger partial charge in [0.2, 0.25) is 0 Å². The molecule has 1 aromatic carbocycles. The lowest BCUT2D eigenvalue weighted by atomic mass is 10.1. The van der Waals surface area contributed by atoms with Crippen molar-refractivity contribution in [1.82, 2.24) is 4.90 Å². The van der Waals surface area contributed by atoms with E-state index < -0.39 is 0 Å². The number of nitrogens with zero attached hydrogens (tertiary/aromatic N) is 1. The Labute approximate surface area is 109 Å². The number of aliphatic hydroxyl groups is 1. The summed E-state index contributed by atoms with van der Waals surface area (Å²) in [6.45, 7) is 4.58. The maximum absolute atomic E-state index is 9.40. The molecule has 100 valence electrons. The molecule has 0 radical (unpaired) electrons. The highest BCUT2D eigenvalue weighted by molar-refractivity contribution is 5.14. The summed E-state index contributed by atoms with van der Waals surface area (Å²) in [6, 6.07) is 10.4. The molecule has 0 aliphatic carbocycles. The number of rotatable bonds is 6. The maximum atomic E-state index is 9.40. The zero-order valence-corrected chi connectivity index (χ0v) is 10.9. The van der Waals surface area contributed by atoms with Crippen LogP contribution in [0.1, 0.15) is 18.4 Å². The number of likely N-dealkylation sites (tertiary alicyclic amines) is 1. The van der Waals surface area contributed by atoms with Gasteiger partial charge < -0.3 is 14.7 Å². The van der Waals surface area contributed by atoms with Crippen molar-refractivity contribution in [2.75, 3.05) is 32.8 Å². The number of aliphatic hydroxyl groups excluding tert-OH is 1. The van der Waals surface area contributed by atoms with Gasteiger partial charge in [-0.15, -0.1) is 0 Å². The number of ether oxygens (including phenoxy) is 1. The first kappa shape index (κ1) is 13.5. The largest absolute Gasteiger partial charge is 0.393 e. The summed E-state index contributed by atoms with van der Waals surface area (Å²) in [5.41, 5.74) is 1.33. The van der Waals surface area contributed by atoms with Gasteiger partial charge in [-0.25, -0.2) is 0 Å². The lowest BCUT2D eigenvalue weighted by Gasteiger charge is -2.29. The molecule has 0 bridgehead atoms. The van der Waals surface area contributed by atoms with Gasteiger partial charge in [0.1, 0.15) is 0 Å². The van der Waals surface area contributed by atoms with Gasteiger partial charge in [0.15, 0.2) is 0 Å². The predicted octanol–water partition coefficient (Wildman–Crippen LogP) is 1.70. The second kappa shape index (κ2) is 7.52. The molecule has 0 aromatic heterocycles. The molecule has 1 aliphatic rings. The van der Waals surface area contributed by atoms with Crippen molar-refractivity contribution in [1.29, 1.82) is 0 Å². The van der Waals surface area contributed by atoms with Crippen LogP contribution < -0.4 is 0 Å². The van der Waals surface area contributed by atoms with E-state index in [1.807, 2.05) is 6.07 Å². The Morgan fingerprint density at radius 1 is 1.11 bits per heavy atom. The maximum Gasteiger partial charge on any atom is 0.0593 e. The van der Waals surface area contributed by atoms with Crippen molar-refractivity contribution >= 4 is 0 Å². The Bertz CT molecular complexity index is 321. The Kier molecular flexibility index (Phi) is 5.65. The fourth-order valence-corrected chi connectivity index (χ4v) is 2.27. The van der Waals surface area contributed by atoms with E-state index in [2.05, 4.69) is 29.2 Å². The van der Waals surface area contributed by atoms with Gasteiger partial charge in [-0.1, -0.05) is 30.3 Å². The first-order valence-corrected chi connectivity index (χ1v) is 6.86. The molecule has 0 atom stereocenters. The molecule has 3 nitrogen and oxygen atoms in total. The Morgan fingerprint density at radius 2 is 1.83 bits per heavy atom. The minimum Gasteiger partial charge on any atom is -0.393 e. The second-order valence-corrected chi connectivity index (χ2v) is 4.92. The fourth-order valence-electron chi connectivity index (χ4n) is 2.27. The predicted molar refractivity (Wildman–Crippen MR) is 72.6 cm³/mol. The summed E-state index contributed by atoms with van der Waals surface area (Å²) in [5, 5.41) is 9.40. The van der Waals surface area contributed by atoms with E-state index in [9.17, 15) is 5.11 Å². The third-order valence-corrected chi connectivity index (χ3v) is 3.49. The standard InChI is InChI=1S/C15H23NO2/c17-15-6-9-16(10-7-15)11-13-18-12-8-14-4-2-1-3-5-14/h1-5,15,17H,6-13H2. The van der Waals surface area contributed by atoms with Crippen molar-refractivity contribution in [3.05, 3.63) is 35.9 Å². The van der Waals surface area contributed by atoms with Crippen LogP contribution in [0.2, 0.25) is 0 Å². The first-order valence-electron chi connectivity index (χ1n) is 6.86. The van der Waals surface area contributed by atoms with Crippen LogP contribution in [0.3, 0.4) is 0 Å². The summed E-state index contributed by atoms with van der Waals surface area (Å²) in [5.74, 6) is 0. The van der Waals surface area contributed by atoms with Crippen LogP contribution in [0, 0.1) is 0 Å². The molecule has 18 heavy (non-hydrogen) atoms. The minimum absolute atomic E-state index is 0.0831. The van der Waals surface area contributed by atoms with E-state index in [0.29, 0.717) is 0 Å². The van der Waals surface area contributed by atoms with Crippen LogP contribution in [-0.2, 0) is 11.2 Å². The topological polar surface area (TPSA) is 32.7 Å². The molecule has 1 aliphatic heterocycles. The van der Waals surface area contributed by atoms with Crippen molar-refractivity contribution in [2.45, 2.75) is 25.4 Å². The average Bonchev–Trinajstić information content (AvgIpc) is 2.42. The Balaban J connectivity index is 1.51. The van der Waals surface area contributed by atoms with E-state index >= 15 is 0 Å². The average molecular weight is 249 g/mol. The van der Waals surface area contributed by atoms with Crippen LogP contribution in [0.25, 0.3) is 0 Å². The van der Waals surface area contributed by atoms with E-state index in [1.165, 1.54) is 5.56 Å². The molecule has 2 rings (SSSR count). The van der Waals surface area contributed by atoms with Gasteiger partial charge in [-0.2, -0.15) is 0 Å². The SMILES string of the molecule is OC1CCN(CCOCCc2ccccc2)CC1. The van der Waals surface area contributed by atoms with Gasteiger partial charge in [-0.3, -0.25) is 0 Å². The number of hydrogen-bond donors (Lipinski definition) is 1. The number of hydrogen-bond acceptors (Lipinski definition) is 3. The van der Waals surface area contributed by atoms with Gasteiger partial charge in [-0.05, 0) is 24.8 Å². The van der Waals surface area contributed by atoms with E-state index in [1.54, 1.807) is 0 Å². The number of benzene rings is 1. The molecule has 3 heteroatoms. The highest BCUT2D eigenvalue weighted by atomic mass is 16.5. The van der Waals surface area contributed by atoms with Gasteiger partial charge in [0, 0.05) is 19.6 Å². The molecule has 0 amide bonds. The van der Waals surface area contributed by atoms with E-state index in [0.717, 1.165) is 52.1 Å². The third kappa shape index (κ3) is 4.77. The molecule has 1 N–H and O–H groups in total. The van der Waals surface area contributed by atoms with E-state index in [-0.39, 0.29) is 6.10 Å². The van der Waals surface area contributed by atoms with Crippen molar-refractivity contribution in [3.63, 3.8) is 0 Å². The zero-order chi connectivity index (χ0) is 12.6. The molecule has 1 heterocycles. The minimum atomic E-state index is -0.0831. The Morgan fingerprint density at radius 3 is 2.56 bits per heavy atom. The molecule has 0 unspecified atom stereocenters. The molecular weight excluding hydrogens is 226 g/mol. The molecule has 1 fully saturated rings. The van der Waals surface area contributed by atoms with Crippen molar-refractivity contribution in [3.8, 4) is 0 Å². The molecule has 1 saturated heterocycles. The Hall–Kier alpha value is -0.900. The number of piperidine rings is 1. The fraction of sp³-hybridized carbons (Fsp3) is 0.600.